The monoisotopic (exact) mass is 234 g/mol. The number of anilines is 1. The Balaban J connectivity index is 2.12. The predicted molar refractivity (Wildman–Crippen MR) is 70.4 cm³/mol. The van der Waals surface area contributed by atoms with Crippen molar-refractivity contribution in [1.29, 1.82) is 0 Å². The fourth-order valence-electron chi connectivity index (χ4n) is 1.81. The van der Waals surface area contributed by atoms with Crippen LogP contribution in [0.5, 0.6) is 0 Å². The van der Waals surface area contributed by atoms with E-state index in [0.29, 0.717) is 5.92 Å². The Bertz CT molecular complexity index is 372. The number of hydrogen-bond donors (Lipinski definition) is 1. The van der Waals surface area contributed by atoms with Crippen LogP contribution in [-0.2, 0) is 6.42 Å². The number of hydrogen-bond acceptors (Lipinski definition) is 4. The van der Waals surface area contributed by atoms with Crippen molar-refractivity contribution in [3.63, 3.8) is 0 Å². The lowest BCUT2D eigenvalue weighted by Gasteiger charge is -2.11. The van der Waals surface area contributed by atoms with Gasteiger partial charge in [-0.3, -0.25) is 0 Å². The van der Waals surface area contributed by atoms with Gasteiger partial charge in [-0.2, -0.15) is 0 Å². The van der Waals surface area contributed by atoms with E-state index in [1.807, 2.05) is 0 Å². The molecule has 0 aromatic carbocycles. The Morgan fingerprint density at radius 1 is 1.35 bits per heavy atom. The summed E-state index contributed by atoms with van der Waals surface area (Å²) in [6, 6.07) is 2.11. The number of likely N-dealkylation sites (N-methyl/N-ethyl adjacent to an activating group) is 1. The fraction of sp³-hybridized carbons (Fsp3) is 0.692. The molecule has 1 saturated carbocycles. The summed E-state index contributed by atoms with van der Waals surface area (Å²) in [5.74, 6) is 2.64. The molecule has 1 aliphatic rings. The van der Waals surface area contributed by atoms with Crippen LogP contribution in [0.1, 0.15) is 37.2 Å². The molecule has 1 aliphatic carbocycles. The van der Waals surface area contributed by atoms with Gasteiger partial charge < -0.3 is 10.2 Å². The largest absolute Gasteiger partial charge is 0.370 e. The van der Waals surface area contributed by atoms with Crippen molar-refractivity contribution in [2.45, 2.75) is 32.1 Å². The molecular weight excluding hydrogens is 212 g/mol. The van der Waals surface area contributed by atoms with E-state index in [1.165, 1.54) is 18.5 Å². The maximum absolute atomic E-state index is 4.67. The molecule has 2 rings (SSSR count). The Hall–Kier alpha value is -1.16. The summed E-state index contributed by atoms with van der Waals surface area (Å²) in [7, 11) is 4.16. The van der Waals surface area contributed by atoms with Gasteiger partial charge in [0, 0.05) is 37.2 Å². The third-order valence-corrected chi connectivity index (χ3v) is 2.93. The molecule has 1 fully saturated rings. The molecule has 0 amide bonds. The third-order valence-electron chi connectivity index (χ3n) is 2.93. The van der Waals surface area contributed by atoms with E-state index >= 15 is 0 Å². The molecule has 0 unspecified atom stereocenters. The first kappa shape index (κ1) is 12.3. The molecule has 0 spiro atoms. The maximum atomic E-state index is 4.67. The Morgan fingerprint density at radius 3 is 2.71 bits per heavy atom. The third kappa shape index (κ3) is 3.66. The molecule has 1 heterocycles. The van der Waals surface area contributed by atoms with Gasteiger partial charge in [-0.05, 0) is 33.9 Å². The van der Waals surface area contributed by atoms with Gasteiger partial charge in [0.2, 0.25) is 0 Å². The van der Waals surface area contributed by atoms with Gasteiger partial charge in [-0.15, -0.1) is 0 Å². The molecule has 0 bridgehead atoms. The highest BCUT2D eigenvalue weighted by atomic mass is 15.1. The molecule has 17 heavy (non-hydrogen) atoms. The summed E-state index contributed by atoms with van der Waals surface area (Å²) in [6.45, 7) is 4.01. The summed E-state index contributed by atoms with van der Waals surface area (Å²) in [6.07, 6.45) is 3.50. The first-order chi connectivity index (χ1) is 8.19. The molecule has 94 valence electrons. The molecule has 0 saturated heterocycles. The van der Waals surface area contributed by atoms with Crippen molar-refractivity contribution in [2.24, 2.45) is 0 Å². The van der Waals surface area contributed by atoms with Crippen LogP contribution in [0.25, 0.3) is 0 Å². The van der Waals surface area contributed by atoms with Crippen LogP contribution < -0.4 is 5.32 Å². The van der Waals surface area contributed by atoms with Gasteiger partial charge in [-0.1, -0.05) is 0 Å². The van der Waals surface area contributed by atoms with Gasteiger partial charge in [-0.25, -0.2) is 9.97 Å². The number of nitrogens with one attached hydrogen (secondary N) is 1. The highest BCUT2D eigenvalue weighted by Crippen LogP contribution is 2.39. The highest BCUT2D eigenvalue weighted by molar-refractivity contribution is 5.38. The van der Waals surface area contributed by atoms with Gasteiger partial charge in [0.05, 0.1) is 0 Å². The van der Waals surface area contributed by atoms with E-state index in [-0.39, 0.29) is 0 Å². The van der Waals surface area contributed by atoms with Crippen LogP contribution in [0.3, 0.4) is 0 Å². The fourth-order valence-corrected chi connectivity index (χ4v) is 1.81. The quantitative estimate of drug-likeness (QED) is 0.816. The number of nitrogens with zero attached hydrogens (tertiary/aromatic N) is 3. The summed E-state index contributed by atoms with van der Waals surface area (Å²) in [5, 5.41) is 3.29. The average Bonchev–Trinajstić information content (AvgIpc) is 3.10. The van der Waals surface area contributed by atoms with Crippen LogP contribution >= 0.6 is 0 Å². The van der Waals surface area contributed by atoms with Crippen molar-refractivity contribution in [2.75, 3.05) is 32.5 Å². The minimum atomic E-state index is 0.688. The molecule has 4 nitrogen and oxygen atoms in total. The molecule has 0 radical (unpaired) electrons. The SMILES string of the molecule is CCNc1cc(C2CC2)nc(CCN(C)C)n1. The second kappa shape index (κ2) is 5.45. The molecular formula is C13H22N4. The van der Waals surface area contributed by atoms with Gasteiger partial charge in [0.25, 0.3) is 0 Å². The zero-order valence-corrected chi connectivity index (χ0v) is 11.0. The van der Waals surface area contributed by atoms with E-state index in [1.54, 1.807) is 0 Å². The van der Waals surface area contributed by atoms with Gasteiger partial charge >= 0.3 is 0 Å². The van der Waals surface area contributed by atoms with E-state index in [2.05, 4.69) is 47.3 Å². The molecule has 1 N–H and O–H groups in total. The minimum Gasteiger partial charge on any atom is -0.370 e. The van der Waals surface area contributed by atoms with E-state index in [4.69, 9.17) is 0 Å². The lowest BCUT2D eigenvalue weighted by Crippen LogP contribution is -2.17. The summed E-state index contributed by atoms with van der Waals surface area (Å²) >= 11 is 0. The maximum Gasteiger partial charge on any atom is 0.132 e. The number of aromatic nitrogens is 2. The molecule has 1 aromatic rings. The normalized spacial score (nSPS) is 15.3. The number of rotatable bonds is 6. The Morgan fingerprint density at radius 2 is 2.12 bits per heavy atom. The zero-order valence-electron chi connectivity index (χ0n) is 11.0. The second-order valence-electron chi connectivity index (χ2n) is 4.95. The Kier molecular flexibility index (Phi) is 3.94. The molecule has 0 aliphatic heterocycles. The van der Waals surface area contributed by atoms with Crippen LogP contribution in [0.15, 0.2) is 6.07 Å². The van der Waals surface area contributed by atoms with Crippen LogP contribution in [0, 0.1) is 0 Å². The first-order valence-corrected chi connectivity index (χ1v) is 6.45. The Labute approximate surface area is 103 Å². The van der Waals surface area contributed by atoms with Crippen molar-refractivity contribution >= 4 is 5.82 Å². The smallest absolute Gasteiger partial charge is 0.132 e. The predicted octanol–water partition coefficient (Wildman–Crippen LogP) is 1.89. The lowest BCUT2D eigenvalue weighted by atomic mass is 10.2. The zero-order chi connectivity index (χ0) is 12.3. The standard InChI is InChI=1S/C13H22N4/c1-4-14-13-9-11(10-5-6-10)15-12(16-13)7-8-17(2)3/h9-10H,4-8H2,1-3H3,(H,14,15,16). The second-order valence-corrected chi connectivity index (χ2v) is 4.95. The average molecular weight is 234 g/mol. The van der Waals surface area contributed by atoms with Crippen LogP contribution in [-0.4, -0.2) is 42.1 Å². The van der Waals surface area contributed by atoms with Crippen LogP contribution in [0.4, 0.5) is 5.82 Å². The van der Waals surface area contributed by atoms with Crippen molar-refractivity contribution in [3.05, 3.63) is 17.6 Å². The highest BCUT2D eigenvalue weighted by Gasteiger charge is 2.26. The summed E-state index contributed by atoms with van der Waals surface area (Å²) < 4.78 is 0. The topological polar surface area (TPSA) is 41.1 Å². The first-order valence-electron chi connectivity index (χ1n) is 6.45. The minimum absolute atomic E-state index is 0.688. The lowest BCUT2D eigenvalue weighted by molar-refractivity contribution is 0.409. The van der Waals surface area contributed by atoms with Gasteiger partial charge in [0.1, 0.15) is 11.6 Å². The molecule has 4 heteroatoms. The van der Waals surface area contributed by atoms with Crippen molar-refractivity contribution in [3.8, 4) is 0 Å². The van der Waals surface area contributed by atoms with Crippen molar-refractivity contribution in [1.82, 2.24) is 14.9 Å². The van der Waals surface area contributed by atoms with Gasteiger partial charge in [0.15, 0.2) is 0 Å². The van der Waals surface area contributed by atoms with Crippen molar-refractivity contribution < 1.29 is 0 Å². The van der Waals surface area contributed by atoms with E-state index < -0.39 is 0 Å². The summed E-state index contributed by atoms with van der Waals surface area (Å²) in [4.78, 5) is 11.4. The molecule has 0 atom stereocenters. The van der Waals surface area contributed by atoms with E-state index in [9.17, 15) is 0 Å². The molecule has 1 aromatic heterocycles. The van der Waals surface area contributed by atoms with E-state index in [0.717, 1.165) is 31.2 Å². The summed E-state index contributed by atoms with van der Waals surface area (Å²) in [5.41, 5.74) is 1.23. The van der Waals surface area contributed by atoms with Crippen LogP contribution in [0.2, 0.25) is 0 Å².